The molecule has 0 N–H and O–H groups in total. The minimum Gasteiger partial charge on any atom is -0.368 e. The van der Waals surface area contributed by atoms with Gasteiger partial charge in [0.25, 0.3) is 0 Å². The van der Waals surface area contributed by atoms with Crippen molar-refractivity contribution >= 4 is 17.4 Å². The first-order valence-electron chi connectivity index (χ1n) is 13.2. The SMILES string of the molecule is C=C(c1cc(CN2CCN(/C(CC)=N/CC)CC2)c(C)cc1C)N1CCN(/C(C)=N/CC)CC1. The van der Waals surface area contributed by atoms with Crippen LogP contribution in [0.15, 0.2) is 28.7 Å². The molecule has 1 aromatic rings. The summed E-state index contributed by atoms with van der Waals surface area (Å²) in [6.45, 7) is 28.7. The average Bonchev–Trinajstić information content (AvgIpc) is 2.84. The van der Waals surface area contributed by atoms with E-state index in [0.29, 0.717) is 0 Å². The van der Waals surface area contributed by atoms with E-state index < -0.39 is 0 Å². The van der Waals surface area contributed by atoms with Crippen LogP contribution in [-0.2, 0) is 6.54 Å². The Balaban J connectivity index is 1.64. The number of piperazine rings is 2. The van der Waals surface area contributed by atoms with Crippen LogP contribution in [0.4, 0.5) is 0 Å². The third-order valence-corrected chi connectivity index (χ3v) is 7.29. The lowest BCUT2D eigenvalue weighted by atomic mass is 9.97. The molecule has 0 atom stereocenters. The maximum absolute atomic E-state index is 4.70. The molecular weight excluding hydrogens is 420 g/mol. The molecule has 0 aliphatic carbocycles. The van der Waals surface area contributed by atoms with Crippen molar-refractivity contribution in [2.24, 2.45) is 9.98 Å². The van der Waals surface area contributed by atoms with Gasteiger partial charge in [0.15, 0.2) is 0 Å². The maximum atomic E-state index is 4.70. The topological polar surface area (TPSA) is 37.7 Å². The highest BCUT2D eigenvalue weighted by atomic mass is 15.3. The molecule has 2 heterocycles. The van der Waals surface area contributed by atoms with Gasteiger partial charge in [0, 0.05) is 89.7 Å². The van der Waals surface area contributed by atoms with Gasteiger partial charge in [-0.05, 0) is 57.4 Å². The Labute approximate surface area is 208 Å². The monoisotopic (exact) mass is 466 g/mol. The van der Waals surface area contributed by atoms with Gasteiger partial charge in [-0.2, -0.15) is 0 Å². The van der Waals surface area contributed by atoms with Crippen LogP contribution < -0.4 is 0 Å². The normalized spacial score (nSPS) is 18.6. The molecule has 188 valence electrons. The molecule has 2 aliphatic rings. The van der Waals surface area contributed by atoms with Crippen molar-refractivity contribution in [3.05, 3.63) is 41.0 Å². The van der Waals surface area contributed by atoms with Gasteiger partial charge in [0.2, 0.25) is 0 Å². The van der Waals surface area contributed by atoms with Gasteiger partial charge in [-0.25, -0.2) is 0 Å². The van der Waals surface area contributed by atoms with E-state index in [0.717, 1.165) is 89.9 Å². The Morgan fingerprint density at radius 3 is 1.97 bits per heavy atom. The van der Waals surface area contributed by atoms with E-state index in [4.69, 9.17) is 4.99 Å². The summed E-state index contributed by atoms with van der Waals surface area (Å²) < 4.78 is 0. The Kier molecular flexibility index (Phi) is 9.57. The highest BCUT2D eigenvalue weighted by Gasteiger charge is 2.22. The molecule has 0 spiro atoms. The maximum Gasteiger partial charge on any atom is 0.0986 e. The molecule has 6 nitrogen and oxygen atoms in total. The van der Waals surface area contributed by atoms with E-state index in [1.807, 2.05) is 0 Å². The number of aliphatic imine (C=N–C) groups is 2. The van der Waals surface area contributed by atoms with Gasteiger partial charge in [-0.15, -0.1) is 0 Å². The van der Waals surface area contributed by atoms with Crippen LogP contribution in [0.25, 0.3) is 5.70 Å². The fourth-order valence-electron chi connectivity index (χ4n) is 5.20. The lowest BCUT2D eigenvalue weighted by Gasteiger charge is -2.38. The molecular formula is C28H46N6. The van der Waals surface area contributed by atoms with Crippen LogP contribution in [0.5, 0.6) is 0 Å². The van der Waals surface area contributed by atoms with E-state index in [1.54, 1.807) is 0 Å². The van der Waals surface area contributed by atoms with Crippen molar-refractivity contribution in [3.8, 4) is 0 Å². The van der Waals surface area contributed by atoms with Crippen molar-refractivity contribution < 1.29 is 0 Å². The highest BCUT2D eigenvalue weighted by molar-refractivity contribution is 5.82. The molecule has 0 aromatic heterocycles. The molecule has 2 fully saturated rings. The molecule has 3 rings (SSSR count). The first-order valence-corrected chi connectivity index (χ1v) is 13.2. The second-order valence-corrected chi connectivity index (χ2v) is 9.54. The molecule has 2 aliphatic heterocycles. The second-order valence-electron chi connectivity index (χ2n) is 9.54. The zero-order chi connectivity index (χ0) is 24.7. The third kappa shape index (κ3) is 6.41. The van der Waals surface area contributed by atoms with E-state index in [-0.39, 0.29) is 0 Å². The van der Waals surface area contributed by atoms with Crippen LogP contribution in [0, 0.1) is 13.8 Å². The number of aryl methyl sites for hydroxylation is 2. The third-order valence-electron chi connectivity index (χ3n) is 7.29. The number of hydrogen-bond acceptors (Lipinski definition) is 4. The Bertz CT molecular complexity index is 886. The summed E-state index contributed by atoms with van der Waals surface area (Å²) in [6.07, 6.45) is 1.02. The van der Waals surface area contributed by atoms with Crippen LogP contribution in [0.1, 0.15) is 56.4 Å². The lowest BCUT2D eigenvalue weighted by Crippen LogP contribution is -2.48. The van der Waals surface area contributed by atoms with Crippen molar-refractivity contribution in [1.82, 2.24) is 19.6 Å². The van der Waals surface area contributed by atoms with Gasteiger partial charge in [0.05, 0.1) is 11.7 Å². The standard InChI is InChI=1S/C28H46N6/c1-8-28(30-10-3)34-13-11-31(12-14-34)21-26-20-27(23(5)19-22(26)4)24(6)32-15-17-33(18-16-32)25(7)29-9-2/h19-20H,6,8-18,21H2,1-5,7H3/b29-25+,30-28+. The van der Waals surface area contributed by atoms with Crippen molar-refractivity contribution in [2.45, 2.75) is 54.5 Å². The fraction of sp³-hybridized carbons (Fsp3) is 0.643. The zero-order valence-electron chi connectivity index (χ0n) is 22.5. The van der Waals surface area contributed by atoms with E-state index in [9.17, 15) is 0 Å². The minimum atomic E-state index is 0.852. The fourth-order valence-corrected chi connectivity index (χ4v) is 5.20. The van der Waals surface area contributed by atoms with Crippen LogP contribution in [0.3, 0.4) is 0 Å². The first kappa shape index (κ1) is 26.3. The van der Waals surface area contributed by atoms with E-state index >= 15 is 0 Å². The first-order chi connectivity index (χ1) is 16.4. The summed E-state index contributed by atoms with van der Waals surface area (Å²) >= 11 is 0. The molecule has 0 unspecified atom stereocenters. The van der Waals surface area contributed by atoms with Crippen molar-refractivity contribution in [3.63, 3.8) is 0 Å². The smallest absolute Gasteiger partial charge is 0.0986 e. The Morgan fingerprint density at radius 1 is 0.794 bits per heavy atom. The molecule has 1 aromatic carbocycles. The number of amidine groups is 2. The number of hydrogen-bond donors (Lipinski definition) is 0. The number of nitrogens with zero attached hydrogens (tertiary/aromatic N) is 6. The van der Waals surface area contributed by atoms with Crippen molar-refractivity contribution in [2.75, 3.05) is 65.4 Å². The summed E-state index contributed by atoms with van der Waals surface area (Å²) in [5.74, 6) is 2.43. The molecule has 2 saturated heterocycles. The zero-order valence-corrected chi connectivity index (χ0v) is 22.5. The summed E-state index contributed by atoms with van der Waals surface area (Å²) in [7, 11) is 0. The predicted molar refractivity (Wildman–Crippen MR) is 147 cm³/mol. The lowest BCUT2D eigenvalue weighted by molar-refractivity contribution is 0.173. The summed E-state index contributed by atoms with van der Waals surface area (Å²) in [5, 5.41) is 0. The Morgan fingerprint density at radius 2 is 1.38 bits per heavy atom. The van der Waals surface area contributed by atoms with Gasteiger partial charge in [-0.3, -0.25) is 14.9 Å². The minimum absolute atomic E-state index is 0.852. The van der Waals surface area contributed by atoms with Gasteiger partial charge in [-0.1, -0.05) is 19.6 Å². The van der Waals surface area contributed by atoms with E-state index in [1.165, 1.54) is 28.1 Å². The number of rotatable bonds is 7. The highest BCUT2D eigenvalue weighted by Crippen LogP contribution is 2.27. The average molecular weight is 467 g/mol. The van der Waals surface area contributed by atoms with Gasteiger partial charge < -0.3 is 14.7 Å². The molecule has 0 amide bonds. The molecule has 0 radical (unpaired) electrons. The largest absolute Gasteiger partial charge is 0.368 e. The summed E-state index contributed by atoms with van der Waals surface area (Å²) in [5.41, 5.74) is 6.60. The van der Waals surface area contributed by atoms with Crippen LogP contribution in [-0.4, -0.2) is 96.7 Å². The molecule has 6 heteroatoms. The molecule has 0 bridgehead atoms. The van der Waals surface area contributed by atoms with Gasteiger partial charge in [0.1, 0.15) is 0 Å². The van der Waals surface area contributed by atoms with Gasteiger partial charge >= 0.3 is 0 Å². The molecule has 34 heavy (non-hydrogen) atoms. The Hall–Kier alpha value is -2.34. The van der Waals surface area contributed by atoms with Crippen LogP contribution >= 0.6 is 0 Å². The summed E-state index contributed by atoms with van der Waals surface area (Å²) in [6, 6.07) is 4.76. The quantitative estimate of drug-likeness (QED) is 0.444. The summed E-state index contributed by atoms with van der Waals surface area (Å²) in [4.78, 5) is 19.2. The second kappa shape index (κ2) is 12.4. The van der Waals surface area contributed by atoms with Crippen molar-refractivity contribution in [1.29, 1.82) is 0 Å². The number of benzene rings is 1. The van der Waals surface area contributed by atoms with Crippen LogP contribution in [0.2, 0.25) is 0 Å². The molecule has 0 saturated carbocycles. The predicted octanol–water partition coefficient (Wildman–Crippen LogP) is 4.28. The van der Waals surface area contributed by atoms with E-state index in [2.05, 4.69) is 84.8 Å².